The minimum absolute atomic E-state index is 0.196. The highest BCUT2D eigenvalue weighted by atomic mass is 35.5. The summed E-state index contributed by atoms with van der Waals surface area (Å²) in [5, 5.41) is 17.6. The molecule has 4 aromatic heterocycles. The summed E-state index contributed by atoms with van der Waals surface area (Å²) in [6.07, 6.45) is 5.32. The molecule has 0 aliphatic rings. The smallest absolute Gasteiger partial charge is 0.146 e. The number of aliphatic hydroxyl groups is 1. The summed E-state index contributed by atoms with van der Waals surface area (Å²) in [6, 6.07) is 14.8. The minimum Gasteiger partial charge on any atom is -0.401 e. The number of halogens is 1. The predicted molar refractivity (Wildman–Crippen MR) is 160 cm³/mol. The number of benzene rings is 1. The maximum atomic E-state index is 10.3. The number of hydrogen-bond acceptors (Lipinski definition) is 10. The number of allylic oxidation sites excluding steroid dienone is 1. The van der Waals surface area contributed by atoms with Crippen LogP contribution < -0.4 is 17.3 Å². The summed E-state index contributed by atoms with van der Waals surface area (Å²) in [6.45, 7) is 3.64. The normalized spacial score (nSPS) is 12.2. The Morgan fingerprint density at radius 1 is 1.10 bits per heavy atom. The van der Waals surface area contributed by atoms with Gasteiger partial charge >= 0.3 is 0 Å². The quantitative estimate of drug-likeness (QED) is 0.159. The molecule has 5 aromatic rings. The van der Waals surface area contributed by atoms with E-state index in [4.69, 9.17) is 38.9 Å². The number of fused-ring (bicyclic) bond motifs is 1. The van der Waals surface area contributed by atoms with Gasteiger partial charge in [-0.05, 0) is 50.2 Å². The third kappa shape index (κ3) is 6.27. The van der Waals surface area contributed by atoms with Crippen molar-refractivity contribution in [2.24, 2.45) is 18.6 Å². The lowest BCUT2D eigenvalue weighted by Gasteiger charge is -2.19. The largest absolute Gasteiger partial charge is 0.401 e. The highest BCUT2D eigenvalue weighted by molar-refractivity contribution is 6.35. The molecule has 0 bridgehead atoms. The van der Waals surface area contributed by atoms with Crippen LogP contribution in [0.3, 0.4) is 0 Å². The molecule has 0 atom stereocenters. The molecule has 0 saturated carbocycles. The van der Waals surface area contributed by atoms with E-state index < -0.39 is 5.60 Å². The zero-order valence-electron chi connectivity index (χ0n) is 23.0. The van der Waals surface area contributed by atoms with Gasteiger partial charge in [0.1, 0.15) is 22.8 Å². The van der Waals surface area contributed by atoms with E-state index in [9.17, 15) is 5.11 Å². The summed E-state index contributed by atoms with van der Waals surface area (Å²) in [4.78, 5) is 18.5. The maximum absolute atomic E-state index is 10.3. The molecule has 4 heterocycles. The summed E-state index contributed by atoms with van der Waals surface area (Å²) in [5.74, 6) is 6.45. The Morgan fingerprint density at radius 3 is 2.63 bits per heavy atom. The van der Waals surface area contributed by atoms with Crippen LogP contribution in [-0.2, 0) is 25.6 Å². The first kappa shape index (κ1) is 28.0. The van der Waals surface area contributed by atoms with E-state index in [1.54, 1.807) is 37.0 Å². The molecule has 7 N–H and O–H groups in total. The Morgan fingerprint density at radius 2 is 1.90 bits per heavy atom. The molecule has 11 nitrogen and oxygen atoms in total. The van der Waals surface area contributed by atoms with Crippen molar-refractivity contribution in [3.05, 3.63) is 94.9 Å². The van der Waals surface area contributed by atoms with Crippen LogP contribution in [-0.4, -0.2) is 39.8 Å². The first-order valence-electron chi connectivity index (χ1n) is 12.9. The Bertz CT molecular complexity index is 1760. The van der Waals surface area contributed by atoms with Gasteiger partial charge in [-0.15, -0.1) is 0 Å². The zero-order valence-corrected chi connectivity index (χ0v) is 23.7. The van der Waals surface area contributed by atoms with E-state index in [0.717, 1.165) is 10.9 Å². The molecular weight excluding hydrogens is 540 g/mol. The van der Waals surface area contributed by atoms with Gasteiger partial charge in [0, 0.05) is 48.7 Å². The van der Waals surface area contributed by atoms with Gasteiger partial charge in [-0.3, -0.25) is 14.6 Å². The van der Waals surface area contributed by atoms with Gasteiger partial charge in [-0.1, -0.05) is 23.7 Å². The number of nitrogen functional groups attached to an aromatic ring is 1. The molecule has 210 valence electrons. The Hall–Kier alpha value is -4.58. The monoisotopic (exact) mass is 570 g/mol. The predicted octanol–water partition coefficient (Wildman–Crippen LogP) is 3.67. The lowest BCUT2D eigenvalue weighted by Crippen LogP contribution is -2.27. The number of pyridine rings is 2. The van der Waals surface area contributed by atoms with Crippen molar-refractivity contribution in [2.75, 3.05) is 5.73 Å². The Kier molecular flexibility index (Phi) is 7.59. The van der Waals surface area contributed by atoms with Crippen molar-refractivity contribution in [3.63, 3.8) is 0 Å². The van der Waals surface area contributed by atoms with E-state index in [1.165, 1.54) is 5.01 Å². The molecule has 12 heteroatoms. The number of nitrogens with zero attached hydrogens (tertiary/aromatic N) is 7. The van der Waals surface area contributed by atoms with Crippen LogP contribution in [0.1, 0.15) is 30.9 Å². The topological polar surface area (TPSA) is 171 Å². The molecule has 0 spiro atoms. The van der Waals surface area contributed by atoms with E-state index in [2.05, 4.69) is 15.1 Å². The van der Waals surface area contributed by atoms with Gasteiger partial charge in [0.25, 0.3) is 0 Å². The summed E-state index contributed by atoms with van der Waals surface area (Å²) >= 11 is 6.61. The lowest BCUT2D eigenvalue weighted by atomic mass is 10.0. The van der Waals surface area contributed by atoms with Crippen molar-refractivity contribution in [1.82, 2.24) is 34.7 Å². The van der Waals surface area contributed by atoms with Crippen molar-refractivity contribution >= 4 is 28.3 Å². The molecule has 0 aliphatic carbocycles. The van der Waals surface area contributed by atoms with Gasteiger partial charge in [0.2, 0.25) is 0 Å². The second-order valence-electron chi connectivity index (χ2n) is 10.3. The molecule has 5 rings (SSSR count). The molecule has 1 aromatic carbocycles. The molecule has 0 radical (unpaired) electrons. The average molecular weight is 571 g/mol. The van der Waals surface area contributed by atoms with E-state index in [0.29, 0.717) is 50.4 Å². The SMILES string of the molecule is Cn1ccc(-c2nc(N)c(C/C(N)=C/N(N)Cc3cccc(C(C)(C)O)n3)nc2-c2cc(Cl)c3ncccc3c2)n1. The van der Waals surface area contributed by atoms with Crippen LogP contribution in [0.15, 0.2) is 72.8 Å². The van der Waals surface area contributed by atoms with Crippen LogP contribution >= 0.6 is 11.6 Å². The Labute approximate surface area is 242 Å². The van der Waals surface area contributed by atoms with Crippen LogP contribution in [0, 0.1) is 0 Å². The third-order valence-electron chi connectivity index (χ3n) is 6.37. The number of rotatable bonds is 8. The van der Waals surface area contributed by atoms with Gasteiger partial charge < -0.3 is 21.6 Å². The van der Waals surface area contributed by atoms with Crippen molar-refractivity contribution < 1.29 is 5.11 Å². The minimum atomic E-state index is -1.06. The van der Waals surface area contributed by atoms with E-state index in [-0.39, 0.29) is 18.8 Å². The highest BCUT2D eigenvalue weighted by Crippen LogP contribution is 2.34. The third-order valence-corrected chi connectivity index (χ3v) is 6.66. The molecule has 0 aliphatic heterocycles. The van der Waals surface area contributed by atoms with Crippen molar-refractivity contribution in [2.45, 2.75) is 32.4 Å². The molecule has 0 unspecified atom stereocenters. The first-order chi connectivity index (χ1) is 19.5. The standard InChI is InChI=1S/C29H31ClN10O/c1-29(2,41)24-8-4-7-20(35-24)16-40(33)15-19(31)14-23-28(32)37-27(22-9-11-39(3)38-22)26(36-23)18-12-17-6-5-10-34-25(17)21(30)13-18/h4-13,15,41H,14,16,31,33H2,1-3H3,(H2,32,37)/b19-15-. The molecular formula is C29H31ClN10O. The summed E-state index contributed by atoms with van der Waals surface area (Å²) < 4.78 is 1.69. The maximum Gasteiger partial charge on any atom is 0.146 e. The van der Waals surface area contributed by atoms with Crippen molar-refractivity contribution in [3.8, 4) is 22.6 Å². The molecule has 41 heavy (non-hydrogen) atoms. The van der Waals surface area contributed by atoms with Crippen LogP contribution in [0.4, 0.5) is 5.82 Å². The first-order valence-corrected chi connectivity index (χ1v) is 13.2. The fourth-order valence-electron chi connectivity index (χ4n) is 4.41. The number of nitrogens with two attached hydrogens (primary N) is 3. The van der Waals surface area contributed by atoms with E-state index >= 15 is 0 Å². The van der Waals surface area contributed by atoms with Crippen LogP contribution in [0.25, 0.3) is 33.5 Å². The summed E-state index contributed by atoms with van der Waals surface area (Å²) in [5.41, 5.74) is 17.0. The summed E-state index contributed by atoms with van der Waals surface area (Å²) in [7, 11) is 1.83. The lowest BCUT2D eigenvalue weighted by molar-refractivity contribution is 0.0735. The average Bonchev–Trinajstić information content (AvgIpc) is 3.35. The number of anilines is 1. The number of hydrogen-bond donors (Lipinski definition) is 4. The second-order valence-corrected chi connectivity index (χ2v) is 10.7. The van der Waals surface area contributed by atoms with Crippen LogP contribution in [0.2, 0.25) is 5.02 Å². The van der Waals surface area contributed by atoms with Crippen molar-refractivity contribution in [1.29, 1.82) is 0 Å². The van der Waals surface area contributed by atoms with Gasteiger partial charge in [-0.2, -0.15) is 5.10 Å². The number of aromatic nitrogens is 6. The highest BCUT2D eigenvalue weighted by Gasteiger charge is 2.20. The zero-order chi connectivity index (χ0) is 29.3. The molecule has 0 amide bonds. The Balaban J connectivity index is 1.48. The second kappa shape index (κ2) is 11.1. The fraction of sp³-hybridized carbons (Fsp3) is 0.207. The molecule has 0 fully saturated rings. The fourth-order valence-corrected chi connectivity index (χ4v) is 4.69. The van der Waals surface area contributed by atoms with Gasteiger partial charge in [0.15, 0.2) is 0 Å². The number of hydrazine groups is 1. The van der Waals surface area contributed by atoms with E-state index in [1.807, 2.05) is 55.7 Å². The number of aryl methyl sites for hydroxylation is 1. The van der Waals surface area contributed by atoms with Gasteiger partial charge in [-0.25, -0.2) is 15.8 Å². The van der Waals surface area contributed by atoms with Gasteiger partial charge in [0.05, 0.1) is 39.9 Å². The molecule has 0 saturated heterocycles. The van der Waals surface area contributed by atoms with Crippen LogP contribution in [0.5, 0.6) is 0 Å².